The first kappa shape index (κ1) is 16.8. The lowest BCUT2D eigenvalue weighted by Gasteiger charge is -2.15. The molecule has 0 saturated heterocycles. The van der Waals surface area contributed by atoms with Crippen LogP contribution in [0.5, 0.6) is 5.75 Å². The molecule has 4 nitrogen and oxygen atoms in total. The van der Waals surface area contributed by atoms with Gasteiger partial charge in [-0.05, 0) is 36.1 Å². The molecule has 0 saturated carbocycles. The normalized spacial score (nSPS) is 11.0. The molecule has 1 heterocycles. The van der Waals surface area contributed by atoms with E-state index in [4.69, 9.17) is 16.3 Å². The second-order valence-corrected chi connectivity index (χ2v) is 6.63. The number of thioether (sulfide) groups is 1. The Morgan fingerprint density at radius 1 is 1.29 bits per heavy atom. The van der Waals surface area contributed by atoms with Gasteiger partial charge in [0, 0.05) is 16.5 Å². The summed E-state index contributed by atoms with van der Waals surface area (Å²) in [4.78, 5) is 16.8. The van der Waals surface area contributed by atoms with Crippen LogP contribution in [0.4, 0.5) is 4.39 Å². The van der Waals surface area contributed by atoms with E-state index in [0.717, 1.165) is 5.75 Å². The SMILES string of the molecule is CCSc1nc(=O)n(-c2ccc(Cl)cc2OC)c2cc(F)ccc12. The van der Waals surface area contributed by atoms with Crippen molar-refractivity contribution in [2.75, 3.05) is 12.9 Å². The molecule has 24 heavy (non-hydrogen) atoms. The van der Waals surface area contributed by atoms with Crippen LogP contribution in [0.1, 0.15) is 6.92 Å². The fraction of sp³-hybridized carbons (Fsp3) is 0.176. The Balaban J connectivity index is 2.41. The number of hydrogen-bond acceptors (Lipinski definition) is 4. The van der Waals surface area contributed by atoms with Crippen molar-refractivity contribution >= 4 is 34.3 Å². The maximum absolute atomic E-state index is 13.8. The number of halogens is 2. The Labute approximate surface area is 147 Å². The monoisotopic (exact) mass is 364 g/mol. The van der Waals surface area contributed by atoms with E-state index in [1.165, 1.54) is 35.6 Å². The molecule has 124 valence electrons. The zero-order valence-corrected chi connectivity index (χ0v) is 14.6. The minimum atomic E-state index is -0.496. The molecule has 0 amide bonds. The summed E-state index contributed by atoms with van der Waals surface area (Å²) in [6.07, 6.45) is 0. The summed E-state index contributed by atoms with van der Waals surface area (Å²) in [5, 5.41) is 1.77. The zero-order valence-electron chi connectivity index (χ0n) is 13.0. The van der Waals surface area contributed by atoms with Crippen LogP contribution in [-0.4, -0.2) is 22.4 Å². The molecule has 0 atom stereocenters. The van der Waals surface area contributed by atoms with E-state index in [1.807, 2.05) is 6.92 Å². The van der Waals surface area contributed by atoms with Crippen LogP contribution < -0.4 is 10.4 Å². The molecule has 7 heteroatoms. The van der Waals surface area contributed by atoms with Crippen molar-refractivity contribution in [2.45, 2.75) is 11.9 Å². The summed E-state index contributed by atoms with van der Waals surface area (Å²) in [5.74, 6) is 0.739. The number of nitrogens with zero attached hydrogens (tertiary/aromatic N) is 2. The van der Waals surface area contributed by atoms with Crippen LogP contribution in [-0.2, 0) is 0 Å². The number of hydrogen-bond donors (Lipinski definition) is 0. The third-order valence-electron chi connectivity index (χ3n) is 3.48. The van der Waals surface area contributed by atoms with Crippen molar-refractivity contribution in [3.8, 4) is 11.4 Å². The second-order valence-electron chi connectivity index (χ2n) is 4.95. The molecule has 2 aromatic carbocycles. The lowest BCUT2D eigenvalue weighted by Crippen LogP contribution is -2.23. The maximum Gasteiger partial charge on any atom is 0.353 e. The molecule has 0 spiro atoms. The zero-order chi connectivity index (χ0) is 17.3. The van der Waals surface area contributed by atoms with E-state index in [1.54, 1.807) is 24.3 Å². The molecule has 3 rings (SSSR count). The van der Waals surface area contributed by atoms with Gasteiger partial charge in [0.05, 0.1) is 18.3 Å². The highest BCUT2D eigenvalue weighted by Gasteiger charge is 2.16. The summed E-state index contributed by atoms with van der Waals surface area (Å²) < 4.78 is 20.5. The van der Waals surface area contributed by atoms with Crippen molar-refractivity contribution in [3.05, 3.63) is 57.7 Å². The van der Waals surface area contributed by atoms with Crippen molar-refractivity contribution < 1.29 is 9.13 Å². The molecule has 0 aliphatic heterocycles. The summed E-state index contributed by atoms with van der Waals surface area (Å²) in [6.45, 7) is 1.97. The molecule has 0 aliphatic rings. The van der Waals surface area contributed by atoms with Crippen molar-refractivity contribution in [3.63, 3.8) is 0 Å². The van der Waals surface area contributed by atoms with Crippen molar-refractivity contribution in [1.82, 2.24) is 9.55 Å². The minimum absolute atomic E-state index is 0.410. The quantitative estimate of drug-likeness (QED) is 0.511. The van der Waals surface area contributed by atoms with Gasteiger partial charge in [-0.2, -0.15) is 4.98 Å². The smallest absolute Gasteiger partial charge is 0.353 e. The molecule has 0 unspecified atom stereocenters. The van der Waals surface area contributed by atoms with Gasteiger partial charge < -0.3 is 4.74 Å². The first-order chi connectivity index (χ1) is 11.5. The molecule has 0 radical (unpaired) electrons. The van der Waals surface area contributed by atoms with E-state index in [2.05, 4.69) is 4.98 Å². The number of benzene rings is 2. The number of ether oxygens (including phenoxy) is 1. The lowest BCUT2D eigenvalue weighted by molar-refractivity contribution is 0.412. The Morgan fingerprint density at radius 3 is 2.79 bits per heavy atom. The van der Waals surface area contributed by atoms with Gasteiger partial charge in [0.2, 0.25) is 0 Å². The standard InChI is InChI=1S/C17H14ClFN2O2S/c1-3-24-16-12-6-5-11(19)9-14(12)21(17(22)20-16)13-7-4-10(18)8-15(13)23-2/h4-9H,3H2,1-2H3. The van der Waals surface area contributed by atoms with Crippen LogP contribution in [0, 0.1) is 5.82 Å². The maximum atomic E-state index is 13.8. The van der Waals surface area contributed by atoms with Gasteiger partial charge >= 0.3 is 5.69 Å². The molecule has 0 aliphatic carbocycles. The Bertz CT molecular complexity index is 975. The largest absolute Gasteiger partial charge is 0.495 e. The first-order valence-electron chi connectivity index (χ1n) is 7.24. The van der Waals surface area contributed by atoms with Crippen LogP contribution >= 0.6 is 23.4 Å². The Morgan fingerprint density at radius 2 is 2.08 bits per heavy atom. The van der Waals surface area contributed by atoms with Crippen LogP contribution in [0.25, 0.3) is 16.6 Å². The van der Waals surface area contributed by atoms with Gasteiger partial charge in [0.25, 0.3) is 0 Å². The van der Waals surface area contributed by atoms with E-state index < -0.39 is 11.5 Å². The summed E-state index contributed by atoms with van der Waals surface area (Å²) in [5.41, 5.74) is 0.402. The first-order valence-corrected chi connectivity index (χ1v) is 8.60. The molecular formula is C17H14ClFN2O2S. The molecule has 3 aromatic rings. The van der Waals surface area contributed by atoms with Gasteiger partial charge in [0.15, 0.2) is 0 Å². The Hall–Kier alpha value is -2.05. The number of rotatable bonds is 4. The third-order valence-corrected chi connectivity index (χ3v) is 4.59. The van der Waals surface area contributed by atoms with Crippen LogP contribution in [0.2, 0.25) is 5.02 Å². The predicted molar refractivity (Wildman–Crippen MR) is 95.3 cm³/mol. The number of aromatic nitrogens is 2. The number of fused-ring (bicyclic) bond motifs is 1. The van der Waals surface area contributed by atoms with Crippen LogP contribution in [0.15, 0.2) is 46.2 Å². The fourth-order valence-corrected chi connectivity index (χ4v) is 3.39. The third kappa shape index (κ3) is 2.99. The fourth-order valence-electron chi connectivity index (χ4n) is 2.49. The van der Waals surface area contributed by atoms with Gasteiger partial charge in [-0.15, -0.1) is 11.8 Å². The molecular weight excluding hydrogens is 351 g/mol. The second kappa shape index (κ2) is 6.83. The van der Waals surface area contributed by atoms with Crippen molar-refractivity contribution in [1.29, 1.82) is 0 Å². The van der Waals surface area contributed by atoms with E-state index in [-0.39, 0.29) is 0 Å². The highest BCUT2D eigenvalue weighted by atomic mass is 35.5. The minimum Gasteiger partial charge on any atom is -0.495 e. The van der Waals surface area contributed by atoms with Gasteiger partial charge in [-0.1, -0.05) is 18.5 Å². The summed E-state index contributed by atoms with van der Waals surface area (Å²) in [7, 11) is 1.48. The summed E-state index contributed by atoms with van der Waals surface area (Å²) >= 11 is 7.43. The van der Waals surface area contributed by atoms with E-state index in [9.17, 15) is 9.18 Å². The molecule has 0 fully saturated rings. The highest BCUT2D eigenvalue weighted by molar-refractivity contribution is 7.99. The molecule has 1 aromatic heterocycles. The van der Waals surface area contributed by atoms with E-state index >= 15 is 0 Å². The molecule has 0 bridgehead atoms. The Kier molecular flexibility index (Phi) is 4.78. The average molecular weight is 365 g/mol. The lowest BCUT2D eigenvalue weighted by atomic mass is 10.2. The number of methoxy groups -OCH3 is 1. The molecule has 0 N–H and O–H groups in total. The van der Waals surface area contributed by atoms with E-state index in [0.29, 0.717) is 32.4 Å². The topological polar surface area (TPSA) is 44.1 Å². The summed E-state index contributed by atoms with van der Waals surface area (Å²) in [6, 6.07) is 9.22. The van der Waals surface area contributed by atoms with Gasteiger partial charge in [-0.3, -0.25) is 4.57 Å². The van der Waals surface area contributed by atoms with Gasteiger partial charge in [0.1, 0.15) is 16.6 Å². The predicted octanol–water partition coefficient (Wildman–Crippen LogP) is 4.30. The van der Waals surface area contributed by atoms with Crippen LogP contribution in [0.3, 0.4) is 0 Å². The average Bonchev–Trinajstić information content (AvgIpc) is 2.55. The highest BCUT2D eigenvalue weighted by Crippen LogP contribution is 2.31. The van der Waals surface area contributed by atoms with Gasteiger partial charge in [-0.25, -0.2) is 9.18 Å². The van der Waals surface area contributed by atoms with Crippen molar-refractivity contribution in [2.24, 2.45) is 0 Å².